The third-order valence-electron chi connectivity index (χ3n) is 5.00. The molecule has 5 heterocycles. The highest BCUT2D eigenvalue weighted by Gasteiger charge is 2.40. The van der Waals surface area contributed by atoms with Crippen LogP contribution in [0.5, 0.6) is 0 Å². The fourth-order valence-electron chi connectivity index (χ4n) is 3.78. The number of hydrogen-bond acceptors (Lipinski definition) is 6. The van der Waals surface area contributed by atoms with Crippen LogP contribution in [-0.4, -0.2) is 44.8 Å². The molecule has 5 rings (SSSR count). The number of thiazole rings is 1. The third-order valence-corrected chi connectivity index (χ3v) is 5.64. The summed E-state index contributed by atoms with van der Waals surface area (Å²) < 4.78 is 0. The fourth-order valence-corrected chi connectivity index (χ4v) is 4.33. The van der Waals surface area contributed by atoms with Crippen molar-refractivity contribution in [2.24, 2.45) is 5.92 Å². The topological polar surface area (TPSA) is 75.3 Å². The molecule has 126 valence electrons. The van der Waals surface area contributed by atoms with Crippen molar-refractivity contribution in [3.05, 3.63) is 40.5 Å². The van der Waals surface area contributed by atoms with Gasteiger partial charge in [-0.1, -0.05) is 6.07 Å². The summed E-state index contributed by atoms with van der Waals surface area (Å²) in [6.07, 6.45) is 3.76. The molecule has 1 amide bonds. The Hall–Kier alpha value is -1.99. The molecule has 3 aliphatic rings. The molecule has 2 N–H and O–H groups in total. The summed E-state index contributed by atoms with van der Waals surface area (Å²) in [5, 5.41) is 2.03. The maximum Gasteiger partial charge on any atom is 0.227 e. The summed E-state index contributed by atoms with van der Waals surface area (Å²) in [6, 6.07) is 4.19. The maximum atomic E-state index is 12.8. The van der Waals surface area contributed by atoms with Crippen molar-refractivity contribution in [1.82, 2.24) is 19.8 Å². The Bertz CT molecular complexity index is 720. The summed E-state index contributed by atoms with van der Waals surface area (Å²) in [6.45, 7) is 3.08. The molecule has 0 unspecified atom stereocenters. The van der Waals surface area contributed by atoms with Gasteiger partial charge in [-0.15, -0.1) is 11.3 Å². The lowest BCUT2D eigenvalue weighted by molar-refractivity contribution is -0.140. The summed E-state index contributed by atoms with van der Waals surface area (Å²) in [5.41, 5.74) is 9.84. The number of aromatic nitrogens is 2. The highest BCUT2D eigenvalue weighted by Crippen LogP contribution is 2.31. The molecule has 0 radical (unpaired) electrons. The maximum absolute atomic E-state index is 12.8. The second-order valence-corrected chi connectivity index (χ2v) is 7.33. The molecule has 3 saturated heterocycles. The van der Waals surface area contributed by atoms with E-state index in [-0.39, 0.29) is 17.9 Å². The monoisotopic (exact) mass is 343 g/mol. The van der Waals surface area contributed by atoms with Crippen LogP contribution < -0.4 is 5.73 Å². The van der Waals surface area contributed by atoms with Crippen molar-refractivity contribution in [2.75, 3.05) is 18.8 Å². The molecule has 0 aliphatic carbocycles. The van der Waals surface area contributed by atoms with Gasteiger partial charge >= 0.3 is 0 Å². The molecule has 0 saturated carbocycles. The van der Waals surface area contributed by atoms with Gasteiger partial charge in [-0.2, -0.15) is 0 Å². The van der Waals surface area contributed by atoms with Crippen LogP contribution in [0, 0.1) is 5.92 Å². The number of rotatable bonds is 4. The summed E-state index contributed by atoms with van der Waals surface area (Å²) in [5.74, 6) is 0.945. The van der Waals surface area contributed by atoms with E-state index in [0.29, 0.717) is 12.4 Å². The Morgan fingerprint density at radius 2 is 2.17 bits per heavy atom. The minimum Gasteiger partial charge on any atom is -0.383 e. The fraction of sp³-hybridized carbons (Fsp3) is 0.471. The Balaban J connectivity index is 1.51. The summed E-state index contributed by atoms with van der Waals surface area (Å²) in [7, 11) is 0. The van der Waals surface area contributed by atoms with E-state index in [0.717, 1.165) is 43.7 Å². The van der Waals surface area contributed by atoms with Crippen molar-refractivity contribution in [2.45, 2.75) is 32.0 Å². The normalized spacial score (nSPS) is 24.3. The quantitative estimate of drug-likeness (QED) is 0.915. The van der Waals surface area contributed by atoms with E-state index in [1.807, 2.05) is 27.9 Å². The first-order valence-corrected chi connectivity index (χ1v) is 9.24. The lowest BCUT2D eigenvalue weighted by Gasteiger charge is -2.35. The van der Waals surface area contributed by atoms with E-state index >= 15 is 0 Å². The molecule has 24 heavy (non-hydrogen) atoms. The van der Waals surface area contributed by atoms with Gasteiger partial charge in [0.2, 0.25) is 5.91 Å². The molecule has 2 aromatic heterocycles. The molecule has 2 bridgehead atoms. The molecular weight excluding hydrogens is 322 g/mol. The third kappa shape index (κ3) is 3.01. The van der Waals surface area contributed by atoms with Crippen molar-refractivity contribution in [1.29, 1.82) is 0 Å². The molecule has 0 spiro atoms. The van der Waals surface area contributed by atoms with Gasteiger partial charge in [0.25, 0.3) is 0 Å². The van der Waals surface area contributed by atoms with Crippen molar-refractivity contribution >= 4 is 23.1 Å². The Labute approximate surface area is 145 Å². The zero-order valence-electron chi connectivity index (χ0n) is 13.5. The molecule has 2 atom stereocenters. The number of carbonyl (C=O) groups excluding carboxylic acids is 1. The molecule has 6 nitrogen and oxygen atoms in total. The molecule has 2 aromatic rings. The van der Waals surface area contributed by atoms with E-state index in [1.54, 1.807) is 17.5 Å². The van der Waals surface area contributed by atoms with Crippen LogP contribution in [0.4, 0.5) is 5.82 Å². The predicted octanol–water partition coefficient (Wildman–Crippen LogP) is 1.74. The Kier molecular flexibility index (Phi) is 4.20. The number of nitrogens with two attached hydrogens (primary N) is 1. The Morgan fingerprint density at radius 3 is 2.96 bits per heavy atom. The molecular formula is C17H21N5OS. The number of piperidine rings is 1. The molecule has 3 fully saturated rings. The van der Waals surface area contributed by atoms with Crippen LogP contribution in [0.25, 0.3) is 0 Å². The summed E-state index contributed by atoms with van der Waals surface area (Å²) >= 11 is 1.58. The van der Waals surface area contributed by atoms with Crippen LogP contribution in [0.15, 0.2) is 29.2 Å². The molecule has 0 aromatic carbocycles. The standard InChI is InChI=1S/C17H21N5OS/c18-16-12(2-1-5-19-16)6-21-7-13-3-4-15(9-21)22(17(13)23)8-14-10-24-11-20-14/h1-2,5,10-11,13,15H,3-4,6-9H2,(H2,18,19)/t13-,15+/m0/s1. The van der Waals surface area contributed by atoms with Crippen molar-refractivity contribution in [3.63, 3.8) is 0 Å². The van der Waals surface area contributed by atoms with Crippen molar-refractivity contribution < 1.29 is 4.79 Å². The number of carbonyl (C=O) groups is 1. The lowest BCUT2D eigenvalue weighted by atomic mass is 9.94. The number of anilines is 1. The zero-order chi connectivity index (χ0) is 16.5. The van der Waals surface area contributed by atoms with E-state index < -0.39 is 0 Å². The zero-order valence-corrected chi connectivity index (χ0v) is 14.3. The number of amides is 1. The van der Waals surface area contributed by atoms with Crippen LogP contribution >= 0.6 is 11.3 Å². The van der Waals surface area contributed by atoms with Crippen molar-refractivity contribution in [3.8, 4) is 0 Å². The van der Waals surface area contributed by atoms with Crippen LogP contribution in [-0.2, 0) is 17.9 Å². The second-order valence-electron chi connectivity index (χ2n) is 6.62. The van der Waals surface area contributed by atoms with Gasteiger partial charge in [0, 0.05) is 42.8 Å². The minimum atomic E-state index is 0.0836. The SMILES string of the molecule is Nc1ncccc1CN1C[C@@H]2CC[C@H](C1)N(Cc1cscn1)C2=O. The minimum absolute atomic E-state index is 0.0836. The highest BCUT2D eigenvalue weighted by molar-refractivity contribution is 7.07. The van der Waals surface area contributed by atoms with E-state index in [1.165, 1.54) is 0 Å². The van der Waals surface area contributed by atoms with Gasteiger partial charge in [0.1, 0.15) is 5.82 Å². The first-order chi connectivity index (χ1) is 11.7. The lowest BCUT2D eigenvalue weighted by Crippen LogP contribution is -2.47. The van der Waals surface area contributed by atoms with Gasteiger partial charge in [-0.25, -0.2) is 9.97 Å². The average Bonchev–Trinajstić information content (AvgIpc) is 2.96. The molecule has 3 aliphatic heterocycles. The number of nitrogens with zero attached hydrogens (tertiary/aromatic N) is 4. The van der Waals surface area contributed by atoms with E-state index in [2.05, 4.69) is 14.9 Å². The van der Waals surface area contributed by atoms with Gasteiger partial charge in [-0.3, -0.25) is 9.69 Å². The average molecular weight is 343 g/mol. The smallest absolute Gasteiger partial charge is 0.227 e. The highest BCUT2D eigenvalue weighted by atomic mass is 32.1. The second kappa shape index (κ2) is 6.49. The van der Waals surface area contributed by atoms with Crippen LogP contribution in [0.1, 0.15) is 24.1 Å². The first kappa shape index (κ1) is 15.5. The van der Waals surface area contributed by atoms with Gasteiger partial charge in [-0.05, 0) is 18.9 Å². The number of fused-ring (bicyclic) bond motifs is 4. The number of hydrogen-bond donors (Lipinski definition) is 1. The van der Waals surface area contributed by atoms with E-state index in [9.17, 15) is 4.79 Å². The summed E-state index contributed by atoms with van der Waals surface area (Å²) in [4.78, 5) is 25.7. The van der Waals surface area contributed by atoms with Gasteiger partial charge in [0.05, 0.1) is 23.7 Å². The first-order valence-electron chi connectivity index (χ1n) is 8.30. The number of pyridine rings is 1. The van der Waals surface area contributed by atoms with Gasteiger partial charge < -0.3 is 10.6 Å². The predicted molar refractivity (Wildman–Crippen MR) is 93.1 cm³/mol. The van der Waals surface area contributed by atoms with E-state index in [4.69, 9.17) is 5.73 Å². The Morgan fingerprint density at radius 1 is 1.25 bits per heavy atom. The van der Waals surface area contributed by atoms with Crippen LogP contribution in [0.2, 0.25) is 0 Å². The molecule has 7 heteroatoms. The van der Waals surface area contributed by atoms with Crippen LogP contribution in [0.3, 0.4) is 0 Å². The number of nitrogen functional groups attached to an aromatic ring is 1. The largest absolute Gasteiger partial charge is 0.383 e. The van der Waals surface area contributed by atoms with Gasteiger partial charge in [0.15, 0.2) is 0 Å².